The van der Waals surface area contributed by atoms with Gasteiger partial charge in [-0.2, -0.15) is 0 Å². The van der Waals surface area contributed by atoms with Crippen LogP contribution in [-0.2, 0) is 11.2 Å². The van der Waals surface area contributed by atoms with Gasteiger partial charge in [-0.1, -0.05) is 16.8 Å². The number of benzene rings is 2. The summed E-state index contributed by atoms with van der Waals surface area (Å²) in [7, 11) is 0. The Morgan fingerprint density at radius 2 is 1.88 bits per heavy atom. The Morgan fingerprint density at radius 1 is 1.08 bits per heavy atom. The highest BCUT2D eigenvalue weighted by Gasteiger charge is 2.14. The van der Waals surface area contributed by atoms with Crippen molar-refractivity contribution >= 4 is 23.2 Å². The van der Waals surface area contributed by atoms with Gasteiger partial charge in [0, 0.05) is 17.8 Å². The van der Waals surface area contributed by atoms with Crippen LogP contribution in [0.15, 0.2) is 47.0 Å². The number of aromatic nitrogens is 1. The lowest BCUT2D eigenvalue weighted by atomic mass is 10.1. The highest BCUT2D eigenvalue weighted by Crippen LogP contribution is 2.24. The number of nitrogens with one attached hydrogen (secondary N) is 1. The smallest absolute Gasteiger partial charge is 0.230 e. The first-order valence-corrected chi connectivity index (χ1v) is 7.46. The second kappa shape index (κ2) is 6.98. The fourth-order valence-electron chi connectivity index (χ4n) is 2.15. The van der Waals surface area contributed by atoms with Crippen molar-refractivity contribution < 1.29 is 22.5 Å². The summed E-state index contributed by atoms with van der Waals surface area (Å²) in [5, 5.41) is 6.10. The lowest BCUT2D eigenvalue weighted by Crippen LogP contribution is -2.14. The molecule has 25 heavy (non-hydrogen) atoms. The Kier molecular flexibility index (Phi) is 4.76. The van der Waals surface area contributed by atoms with Crippen molar-refractivity contribution in [2.45, 2.75) is 6.42 Å². The molecule has 0 aliphatic carbocycles. The average molecular weight is 367 g/mol. The van der Waals surface area contributed by atoms with Crippen LogP contribution in [0.1, 0.15) is 5.69 Å². The molecule has 0 saturated heterocycles. The molecule has 1 heterocycles. The summed E-state index contributed by atoms with van der Waals surface area (Å²) < 4.78 is 44.7. The molecule has 8 heteroatoms. The fraction of sp³-hybridized carbons (Fsp3) is 0.0588. The number of hydrogen-bond acceptors (Lipinski definition) is 3. The quantitative estimate of drug-likeness (QED) is 0.734. The Balaban J connectivity index is 1.70. The molecule has 0 spiro atoms. The summed E-state index contributed by atoms with van der Waals surface area (Å²) >= 11 is 5.64. The summed E-state index contributed by atoms with van der Waals surface area (Å²) in [4.78, 5) is 12.0. The summed E-state index contributed by atoms with van der Waals surface area (Å²) in [5.41, 5.74) is 0.611. The minimum absolute atomic E-state index is 0.0332. The number of anilines is 1. The van der Waals surface area contributed by atoms with Gasteiger partial charge in [0.15, 0.2) is 5.76 Å². The Morgan fingerprint density at radius 3 is 2.60 bits per heavy atom. The zero-order valence-corrected chi connectivity index (χ0v) is 13.3. The van der Waals surface area contributed by atoms with Gasteiger partial charge in [-0.3, -0.25) is 4.79 Å². The molecule has 0 fully saturated rings. The lowest BCUT2D eigenvalue weighted by molar-refractivity contribution is -0.115. The van der Waals surface area contributed by atoms with Crippen molar-refractivity contribution in [2.24, 2.45) is 0 Å². The third-order valence-electron chi connectivity index (χ3n) is 3.30. The van der Waals surface area contributed by atoms with Gasteiger partial charge in [0.2, 0.25) is 5.91 Å². The number of carbonyl (C=O) groups excluding carboxylic acids is 1. The van der Waals surface area contributed by atoms with E-state index in [0.717, 1.165) is 18.2 Å². The molecular formula is C17H10ClF3N2O2. The van der Waals surface area contributed by atoms with Crippen LogP contribution in [0.2, 0.25) is 5.02 Å². The first-order chi connectivity index (χ1) is 11.9. The van der Waals surface area contributed by atoms with Crippen molar-refractivity contribution in [3.05, 3.63) is 70.6 Å². The molecule has 0 aliphatic heterocycles. The highest BCUT2D eigenvalue weighted by molar-refractivity contribution is 6.31. The van der Waals surface area contributed by atoms with Crippen LogP contribution in [-0.4, -0.2) is 11.1 Å². The molecule has 4 nitrogen and oxygen atoms in total. The third-order valence-corrected chi connectivity index (χ3v) is 3.59. The van der Waals surface area contributed by atoms with Crippen molar-refractivity contribution in [3.8, 4) is 11.3 Å². The zero-order valence-electron chi connectivity index (χ0n) is 12.5. The first kappa shape index (κ1) is 17.0. The molecule has 0 saturated carbocycles. The molecular weight excluding hydrogens is 357 g/mol. The van der Waals surface area contributed by atoms with E-state index in [9.17, 15) is 18.0 Å². The van der Waals surface area contributed by atoms with E-state index in [0.29, 0.717) is 5.69 Å². The molecule has 1 aromatic heterocycles. The van der Waals surface area contributed by atoms with Crippen LogP contribution in [0.4, 0.5) is 18.9 Å². The molecule has 1 N–H and O–H groups in total. The lowest BCUT2D eigenvalue weighted by Gasteiger charge is -2.04. The largest absolute Gasteiger partial charge is 0.356 e. The number of hydrogen-bond donors (Lipinski definition) is 1. The number of rotatable bonds is 4. The third kappa shape index (κ3) is 4.00. The van der Waals surface area contributed by atoms with Crippen LogP contribution in [0, 0.1) is 17.5 Å². The highest BCUT2D eigenvalue weighted by atomic mass is 35.5. The molecule has 0 unspecified atom stereocenters. The van der Waals surface area contributed by atoms with Crippen LogP contribution < -0.4 is 5.32 Å². The molecule has 3 aromatic rings. The van der Waals surface area contributed by atoms with E-state index in [1.807, 2.05) is 0 Å². The van der Waals surface area contributed by atoms with Gasteiger partial charge in [0.05, 0.1) is 22.7 Å². The predicted octanol–water partition coefficient (Wildman–Crippen LogP) is 4.59. The van der Waals surface area contributed by atoms with Gasteiger partial charge in [0.25, 0.3) is 0 Å². The van der Waals surface area contributed by atoms with E-state index < -0.39 is 23.4 Å². The summed E-state index contributed by atoms with van der Waals surface area (Å²) in [6, 6.07) is 8.18. The van der Waals surface area contributed by atoms with Gasteiger partial charge >= 0.3 is 0 Å². The maximum Gasteiger partial charge on any atom is 0.230 e. The van der Waals surface area contributed by atoms with E-state index in [2.05, 4.69) is 10.5 Å². The topological polar surface area (TPSA) is 55.1 Å². The van der Waals surface area contributed by atoms with Crippen molar-refractivity contribution in [1.29, 1.82) is 0 Å². The maximum atomic E-state index is 13.7. The minimum atomic E-state index is -0.798. The van der Waals surface area contributed by atoms with E-state index in [-0.39, 0.29) is 28.5 Å². The average Bonchev–Trinajstić information content (AvgIpc) is 2.99. The molecule has 1 amide bonds. The van der Waals surface area contributed by atoms with Crippen molar-refractivity contribution in [3.63, 3.8) is 0 Å². The number of nitrogens with zero attached hydrogens (tertiary/aromatic N) is 1. The Bertz CT molecular complexity index is 943. The van der Waals surface area contributed by atoms with E-state index in [4.69, 9.17) is 16.1 Å². The molecule has 128 valence electrons. The second-order valence-electron chi connectivity index (χ2n) is 5.16. The Hall–Kier alpha value is -2.80. The van der Waals surface area contributed by atoms with Crippen LogP contribution in [0.25, 0.3) is 11.3 Å². The van der Waals surface area contributed by atoms with Gasteiger partial charge in [0.1, 0.15) is 17.5 Å². The first-order valence-electron chi connectivity index (χ1n) is 7.08. The normalized spacial score (nSPS) is 10.7. The number of carbonyl (C=O) groups is 1. The molecule has 0 aliphatic rings. The maximum absolute atomic E-state index is 13.7. The molecule has 0 atom stereocenters. The predicted molar refractivity (Wildman–Crippen MR) is 85.6 cm³/mol. The van der Waals surface area contributed by atoms with Crippen molar-refractivity contribution in [1.82, 2.24) is 5.16 Å². The van der Waals surface area contributed by atoms with E-state index in [1.54, 1.807) is 0 Å². The molecule has 0 radical (unpaired) electrons. The monoisotopic (exact) mass is 366 g/mol. The van der Waals surface area contributed by atoms with E-state index >= 15 is 0 Å². The summed E-state index contributed by atoms with van der Waals surface area (Å²) in [6.07, 6.45) is -0.151. The van der Waals surface area contributed by atoms with Gasteiger partial charge in [-0.25, -0.2) is 13.2 Å². The fourth-order valence-corrected chi connectivity index (χ4v) is 2.34. The zero-order chi connectivity index (χ0) is 18.0. The summed E-state index contributed by atoms with van der Waals surface area (Å²) in [5.74, 6) is -2.47. The van der Waals surface area contributed by atoms with E-state index in [1.165, 1.54) is 24.3 Å². The second-order valence-corrected chi connectivity index (χ2v) is 5.57. The summed E-state index contributed by atoms with van der Waals surface area (Å²) in [6.45, 7) is 0. The van der Waals surface area contributed by atoms with Gasteiger partial charge in [-0.05, 0) is 30.3 Å². The van der Waals surface area contributed by atoms with Gasteiger partial charge in [-0.15, -0.1) is 0 Å². The van der Waals surface area contributed by atoms with Crippen molar-refractivity contribution in [2.75, 3.05) is 5.32 Å². The number of halogens is 4. The minimum Gasteiger partial charge on any atom is -0.356 e. The number of amides is 1. The van der Waals surface area contributed by atoms with Gasteiger partial charge < -0.3 is 9.84 Å². The van der Waals surface area contributed by atoms with Crippen LogP contribution >= 0.6 is 11.6 Å². The SMILES string of the molecule is O=C(Cc1cc(-c2ccc(F)cc2F)on1)Nc1ccc(F)c(Cl)c1. The standard InChI is InChI=1S/C17H10ClF3N2O2/c18-13-6-10(2-4-14(13)20)22-17(24)8-11-7-16(25-23-11)12-3-1-9(19)5-15(12)21/h1-7H,8H2,(H,22,24). The Labute approximate surface area is 145 Å². The van der Waals surface area contributed by atoms with Crippen LogP contribution in [0.3, 0.4) is 0 Å². The van der Waals surface area contributed by atoms with Crippen LogP contribution in [0.5, 0.6) is 0 Å². The molecule has 0 bridgehead atoms. The molecule has 3 rings (SSSR count). The molecule has 2 aromatic carbocycles.